The zero-order chi connectivity index (χ0) is 15.7. The maximum Gasteiger partial charge on any atom is 0.234 e. The molecular formula is C18H18BrNO2. The van der Waals surface area contributed by atoms with E-state index in [0.717, 1.165) is 27.0 Å². The topological polar surface area (TPSA) is 29.5 Å². The molecule has 1 aliphatic heterocycles. The van der Waals surface area contributed by atoms with Crippen molar-refractivity contribution < 1.29 is 9.53 Å². The van der Waals surface area contributed by atoms with Crippen LogP contribution in [-0.4, -0.2) is 19.6 Å². The van der Waals surface area contributed by atoms with Crippen LogP contribution in [0.2, 0.25) is 0 Å². The van der Waals surface area contributed by atoms with Crippen LogP contribution in [0.1, 0.15) is 24.0 Å². The van der Waals surface area contributed by atoms with Crippen LogP contribution in [0.25, 0.3) is 0 Å². The fourth-order valence-corrected chi connectivity index (χ4v) is 3.36. The van der Waals surface area contributed by atoms with Gasteiger partial charge >= 0.3 is 0 Å². The average Bonchev–Trinajstić information content (AvgIpc) is 2.76. The number of ether oxygens (including phenoxy) is 1. The number of nitrogens with zero attached hydrogens (tertiary/aromatic N) is 1. The van der Waals surface area contributed by atoms with Crippen molar-refractivity contribution in [1.82, 2.24) is 0 Å². The summed E-state index contributed by atoms with van der Waals surface area (Å²) in [6, 6.07) is 13.9. The maximum absolute atomic E-state index is 12.6. The van der Waals surface area contributed by atoms with E-state index in [1.54, 1.807) is 4.90 Å². The average molecular weight is 360 g/mol. The third-order valence-corrected chi connectivity index (χ3v) is 4.83. The Morgan fingerprint density at radius 3 is 2.77 bits per heavy atom. The molecule has 22 heavy (non-hydrogen) atoms. The number of carbonyl (C=O) groups excluding carboxylic acids is 1. The number of para-hydroxylation sites is 1. The van der Waals surface area contributed by atoms with Crippen molar-refractivity contribution >= 4 is 27.5 Å². The number of fused-ring (bicyclic) bond motifs is 1. The molecule has 1 amide bonds. The monoisotopic (exact) mass is 359 g/mol. The Bertz CT molecular complexity index is 714. The number of halogens is 1. The van der Waals surface area contributed by atoms with Crippen molar-refractivity contribution in [3.63, 3.8) is 0 Å². The Hall–Kier alpha value is -1.81. The molecule has 2 aromatic carbocycles. The van der Waals surface area contributed by atoms with Gasteiger partial charge in [-0.2, -0.15) is 0 Å². The maximum atomic E-state index is 12.6. The minimum absolute atomic E-state index is 0.130. The third kappa shape index (κ3) is 2.63. The second-order valence-electron chi connectivity index (χ2n) is 5.40. The summed E-state index contributed by atoms with van der Waals surface area (Å²) >= 11 is 3.58. The summed E-state index contributed by atoms with van der Waals surface area (Å²) in [5, 5.41) is 0. The summed E-state index contributed by atoms with van der Waals surface area (Å²) in [6.07, 6.45) is 0.668. The summed E-state index contributed by atoms with van der Waals surface area (Å²) in [5.74, 6) is 0.858. The molecule has 1 atom stereocenters. The highest BCUT2D eigenvalue weighted by Gasteiger charge is 2.35. The number of hydrogen-bond acceptors (Lipinski definition) is 2. The van der Waals surface area contributed by atoms with E-state index in [-0.39, 0.29) is 11.8 Å². The first-order valence-corrected chi connectivity index (χ1v) is 8.18. The first kappa shape index (κ1) is 15.1. The van der Waals surface area contributed by atoms with Crippen LogP contribution in [-0.2, 0) is 11.2 Å². The molecule has 2 aromatic rings. The summed E-state index contributed by atoms with van der Waals surface area (Å²) in [5.41, 5.74) is 3.20. The molecule has 0 saturated heterocycles. The lowest BCUT2D eigenvalue weighted by Crippen LogP contribution is -2.24. The molecule has 0 radical (unpaired) electrons. The molecule has 0 bridgehead atoms. The standard InChI is InChI=1S/C18H18BrNO2/c1-3-22-13-8-9-16(19)12(10-13)11-15-14-6-4-5-7-17(14)20(2)18(15)21/h4-10,15H,3,11H2,1-2H3/t15-/m0/s1. The van der Waals surface area contributed by atoms with Gasteiger partial charge in [0.25, 0.3) is 0 Å². The number of rotatable bonds is 4. The molecule has 0 saturated carbocycles. The van der Waals surface area contributed by atoms with Crippen molar-refractivity contribution in [3.8, 4) is 5.75 Å². The Morgan fingerprint density at radius 1 is 1.23 bits per heavy atom. The Labute approximate surface area is 139 Å². The fourth-order valence-electron chi connectivity index (χ4n) is 2.95. The highest BCUT2D eigenvalue weighted by molar-refractivity contribution is 9.10. The minimum Gasteiger partial charge on any atom is -0.494 e. The lowest BCUT2D eigenvalue weighted by atomic mass is 9.93. The molecule has 3 nitrogen and oxygen atoms in total. The number of likely N-dealkylation sites (N-methyl/N-ethyl adjacent to an activating group) is 1. The molecule has 0 unspecified atom stereocenters. The van der Waals surface area contributed by atoms with Crippen molar-refractivity contribution in [1.29, 1.82) is 0 Å². The molecule has 1 heterocycles. The predicted octanol–water partition coefficient (Wildman–Crippen LogP) is 4.15. The summed E-state index contributed by atoms with van der Waals surface area (Å²) in [4.78, 5) is 14.3. The normalized spacial score (nSPS) is 16.8. The van der Waals surface area contributed by atoms with Gasteiger partial charge in [-0.1, -0.05) is 34.1 Å². The Morgan fingerprint density at radius 2 is 2.00 bits per heavy atom. The molecule has 4 heteroatoms. The van der Waals surface area contributed by atoms with Crippen molar-refractivity contribution in [3.05, 3.63) is 58.1 Å². The van der Waals surface area contributed by atoms with Gasteiger partial charge in [-0.15, -0.1) is 0 Å². The SMILES string of the molecule is CCOc1ccc(Br)c(C[C@@H]2C(=O)N(C)c3ccccc32)c1. The van der Waals surface area contributed by atoms with Gasteiger partial charge in [-0.05, 0) is 48.7 Å². The lowest BCUT2D eigenvalue weighted by molar-refractivity contribution is -0.119. The third-order valence-electron chi connectivity index (χ3n) is 4.05. The molecule has 0 spiro atoms. The Kier molecular flexibility index (Phi) is 4.21. The van der Waals surface area contributed by atoms with Crippen molar-refractivity contribution in [2.75, 3.05) is 18.6 Å². The van der Waals surface area contributed by atoms with Crippen molar-refractivity contribution in [2.45, 2.75) is 19.3 Å². The van der Waals surface area contributed by atoms with E-state index in [9.17, 15) is 4.79 Å². The zero-order valence-corrected chi connectivity index (χ0v) is 14.3. The molecule has 0 N–H and O–H groups in total. The van der Waals surface area contributed by atoms with Crippen LogP contribution in [0, 0.1) is 0 Å². The summed E-state index contributed by atoms with van der Waals surface area (Å²) < 4.78 is 6.58. The lowest BCUT2D eigenvalue weighted by Gasteiger charge is -2.13. The van der Waals surface area contributed by atoms with E-state index < -0.39 is 0 Å². The molecule has 0 aromatic heterocycles. The molecule has 0 aliphatic carbocycles. The second-order valence-corrected chi connectivity index (χ2v) is 6.25. The van der Waals surface area contributed by atoms with Crippen LogP contribution < -0.4 is 9.64 Å². The van der Waals surface area contributed by atoms with Gasteiger partial charge in [-0.3, -0.25) is 4.79 Å². The quantitative estimate of drug-likeness (QED) is 0.820. The zero-order valence-electron chi connectivity index (χ0n) is 12.7. The molecule has 1 aliphatic rings. The van der Waals surface area contributed by atoms with Crippen LogP contribution in [0.3, 0.4) is 0 Å². The largest absolute Gasteiger partial charge is 0.494 e. The smallest absolute Gasteiger partial charge is 0.234 e. The van der Waals surface area contributed by atoms with Crippen LogP contribution in [0.5, 0.6) is 5.75 Å². The van der Waals surface area contributed by atoms with Gasteiger partial charge in [0, 0.05) is 17.2 Å². The Balaban J connectivity index is 1.93. The molecular weight excluding hydrogens is 342 g/mol. The summed E-state index contributed by atoms with van der Waals surface area (Å²) in [7, 11) is 1.84. The van der Waals surface area contributed by atoms with Gasteiger partial charge in [0.1, 0.15) is 5.75 Å². The van der Waals surface area contributed by atoms with Crippen LogP contribution >= 0.6 is 15.9 Å². The van der Waals surface area contributed by atoms with E-state index in [2.05, 4.69) is 15.9 Å². The van der Waals surface area contributed by atoms with Gasteiger partial charge < -0.3 is 9.64 Å². The van der Waals surface area contributed by atoms with E-state index in [0.29, 0.717) is 13.0 Å². The minimum atomic E-state index is -0.130. The summed E-state index contributed by atoms with van der Waals surface area (Å²) in [6.45, 7) is 2.60. The number of anilines is 1. The van der Waals surface area contributed by atoms with Crippen LogP contribution in [0.15, 0.2) is 46.9 Å². The van der Waals surface area contributed by atoms with E-state index in [4.69, 9.17) is 4.74 Å². The van der Waals surface area contributed by atoms with E-state index >= 15 is 0 Å². The number of hydrogen-bond donors (Lipinski definition) is 0. The van der Waals surface area contributed by atoms with E-state index in [1.807, 2.05) is 56.4 Å². The van der Waals surface area contributed by atoms with Gasteiger partial charge in [0.15, 0.2) is 0 Å². The van der Waals surface area contributed by atoms with Crippen molar-refractivity contribution in [2.24, 2.45) is 0 Å². The second kappa shape index (κ2) is 6.13. The molecule has 114 valence electrons. The number of amides is 1. The van der Waals surface area contributed by atoms with Crippen LogP contribution in [0.4, 0.5) is 5.69 Å². The number of benzene rings is 2. The van der Waals surface area contributed by atoms with E-state index in [1.165, 1.54) is 0 Å². The number of carbonyl (C=O) groups is 1. The fraction of sp³-hybridized carbons (Fsp3) is 0.278. The van der Waals surface area contributed by atoms with Gasteiger partial charge in [0.05, 0.1) is 12.5 Å². The first-order chi connectivity index (χ1) is 10.6. The highest BCUT2D eigenvalue weighted by Crippen LogP contribution is 2.39. The van der Waals surface area contributed by atoms with Gasteiger partial charge in [-0.25, -0.2) is 0 Å². The van der Waals surface area contributed by atoms with Gasteiger partial charge in [0.2, 0.25) is 5.91 Å². The molecule has 0 fully saturated rings. The molecule has 3 rings (SSSR count). The first-order valence-electron chi connectivity index (χ1n) is 7.39. The predicted molar refractivity (Wildman–Crippen MR) is 91.6 cm³/mol. The highest BCUT2D eigenvalue weighted by atomic mass is 79.9.